The summed E-state index contributed by atoms with van der Waals surface area (Å²) in [5, 5.41) is 3.04. The van der Waals surface area contributed by atoms with Crippen molar-refractivity contribution >= 4 is 16.9 Å². The lowest BCUT2D eigenvalue weighted by Crippen LogP contribution is -2.29. The molecule has 2 heterocycles. The fourth-order valence-corrected chi connectivity index (χ4v) is 3.20. The van der Waals surface area contributed by atoms with Crippen molar-refractivity contribution in [1.82, 2.24) is 14.9 Å². The molecule has 1 aromatic carbocycles. The van der Waals surface area contributed by atoms with E-state index in [9.17, 15) is 4.79 Å². The summed E-state index contributed by atoms with van der Waals surface area (Å²) < 4.78 is 7.52. The molecule has 2 atom stereocenters. The fourth-order valence-electron chi connectivity index (χ4n) is 3.20. The number of para-hydroxylation sites is 2. The summed E-state index contributed by atoms with van der Waals surface area (Å²) in [6.45, 7) is 3.34. The van der Waals surface area contributed by atoms with E-state index >= 15 is 0 Å². The Morgan fingerprint density at radius 3 is 3.04 bits per heavy atom. The summed E-state index contributed by atoms with van der Waals surface area (Å²) in [6, 6.07) is 11.9. The van der Waals surface area contributed by atoms with Gasteiger partial charge in [-0.15, -0.1) is 0 Å². The van der Waals surface area contributed by atoms with Crippen molar-refractivity contribution in [1.29, 1.82) is 0 Å². The number of benzene rings is 1. The molecule has 0 saturated heterocycles. The predicted molar refractivity (Wildman–Crippen MR) is 87.0 cm³/mol. The number of rotatable bonds is 5. The van der Waals surface area contributed by atoms with Crippen LogP contribution in [0.25, 0.3) is 11.0 Å². The van der Waals surface area contributed by atoms with Gasteiger partial charge in [0.25, 0.3) is 0 Å². The zero-order valence-electron chi connectivity index (χ0n) is 13.0. The van der Waals surface area contributed by atoms with E-state index in [0.29, 0.717) is 6.54 Å². The zero-order valence-corrected chi connectivity index (χ0v) is 13.0. The molecular weight excluding hydrogens is 290 g/mol. The molecule has 1 fully saturated rings. The highest BCUT2D eigenvalue weighted by atomic mass is 16.3. The third kappa shape index (κ3) is 2.63. The van der Waals surface area contributed by atoms with Gasteiger partial charge in [0.05, 0.1) is 17.3 Å². The van der Waals surface area contributed by atoms with Crippen LogP contribution < -0.4 is 5.32 Å². The maximum Gasteiger partial charge on any atom is 0.223 e. The molecule has 5 nitrogen and oxygen atoms in total. The third-order valence-corrected chi connectivity index (χ3v) is 4.52. The van der Waals surface area contributed by atoms with Gasteiger partial charge in [-0.2, -0.15) is 0 Å². The van der Waals surface area contributed by atoms with Gasteiger partial charge in [-0.1, -0.05) is 12.1 Å². The van der Waals surface area contributed by atoms with Gasteiger partial charge in [-0.25, -0.2) is 4.98 Å². The Balaban J connectivity index is 1.35. The Morgan fingerprint density at radius 2 is 2.22 bits per heavy atom. The van der Waals surface area contributed by atoms with Crippen molar-refractivity contribution in [2.24, 2.45) is 5.92 Å². The quantitative estimate of drug-likeness (QED) is 0.788. The van der Waals surface area contributed by atoms with E-state index in [4.69, 9.17) is 4.42 Å². The van der Waals surface area contributed by atoms with Gasteiger partial charge in [0, 0.05) is 24.9 Å². The standard InChI is InChI=1S/C18H19N3O2/c1-12-20-15-5-2-3-6-16(15)21(12)9-8-19-18(22)14-11-13(14)17-7-4-10-23-17/h2-7,10,13-14H,8-9,11H2,1H3,(H,19,22)/t13-,14-/m0/s1. The van der Waals surface area contributed by atoms with Crippen molar-refractivity contribution < 1.29 is 9.21 Å². The van der Waals surface area contributed by atoms with Crippen LogP contribution in [0, 0.1) is 12.8 Å². The van der Waals surface area contributed by atoms with Crippen LogP contribution >= 0.6 is 0 Å². The van der Waals surface area contributed by atoms with Gasteiger partial charge in [-0.05, 0) is 37.6 Å². The summed E-state index contributed by atoms with van der Waals surface area (Å²) in [7, 11) is 0. The molecule has 1 aliphatic rings. The Bertz CT molecular complexity index is 835. The number of aromatic nitrogens is 2. The van der Waals surface area contributed by atoms with Crippen LogP contribution in [-0.2, 0) is 11.3 Å². The van der Waals surface area contributed by atoms with E-state index in [0.717, 1.165) is 35.6 Å². The molecule has 23 heavy (non-hydrogen) atoms. The molecule has 4 rings (SSSR count). The maximum absolute atomic E-state index is 12.2. The molecular formula is C18H19N3O2. The van der Waals surface area contributed by atoms with Gasteiger partial charge in [0.1, 0.15) is 11.6 Å². The fraction of sp³-hybridized carbons (Fsp3) is 0.333. The van der Waals surface area contributed by atoms with Crippen molar-refractivity contribution in [2.45, 2.75) is 25.8 Å². The van der Waals surface area contributed by atoms with Crippen molar-refractivity contribution in [3.05, 3.63) is 54.2 Å². The number of hydrogen-bond donors (Lipinski definition) is 1. The van der Waals surface area contributed by atoms with E-state index < -0.39 is 0 Å². The normalized spacial score (nSPS) is 19.9. The third-order valence-electron chi connectivity index (χ3n) is 4.52. The van der Waals surface area contributed by atoms with Gasteiger partial charge in [0.2, 0.25) is 5.91 Å². The number of nitrogens with one attached hydrogen (secondary N) is 1. The molecule has 2 aromatic heterocycles. The van der Waals surface area contributed by atoms with Gasteiger partial charge in [-0.3, -0.25) is 4.79 Å². The maximum atomic E-state index is 12.2. The number of furan rings is 1. The highest BCUT2D eigenvalue weighted by Gasteiger charge is 2.45. The van der Waals surface area contributed by atoms with Crippen molar-refractivity contribution in [3.8, 4) is 0 Å². The number of hydrogen-bond acceptors (Lipinski definition) is 3. The van der Waals surface area contributed by atoms with E-state index in [2.05, 4.69) is 20.9 Å². The minimum absolute atomic E-state index is 0.0572. The first-order chi connectivity index (χ1) is 11.2. The van der Waals surface area contributed by atoms with E-state index in [-0.39, 0.29) is 17.7 Å². The summed E-state index contributed by atoms with van der Waals surface area (Å²) in [5.74, 6) is 2.32. The Labute approximate surface area is 134 Å². The van der Waals surface area contributed by atoms with Crippen LogP contribution in [0.3, 0.4) is 0 Å². The molecule has 0 radical (unpaired) electrons. The minimum Gasteiger partial charge on any atom is -0.469 e. The molecule has 1 saturated carbocycles. The lowest BCUT2D eigenvalue weighted by Gasteiger charge is -2.08. The molecule has 5 heteroatoms. The van der Waals surface area contributed by atoms with Crippen LogP contribution in [0.5, 0.6) is 0 Å². The number of imidazole rings is 1. The number of carbonyl (C=O) groups excluding carboxylic acids is 1. The van der Waals surface area contributed by atoms with Crippen LogP contribution in [0.4, 0.5) is 0 Å². The molecule has 3 aromatic rings. The Morgan fingerprint density at radius 1 is 1.35 bits per heavy atom. The molecule has 0 spiro atoms. The lowest BCUT2D eigenvalue weighted by molar-refractivity contribution is -0.122. The van der Waals surface area contributed by atoms with Crippen molar-refractivity contribution in [3.63, 3.8) is 0 Å². The van der Waals surface area contributed by atoms with E-state index in [1.54, 1.807) is 6.26 Å². The summed E-state index contributed by atoms with van der Waals surface area (Å²) in [4.78, 5) is 16.8. The summed E-state index contributed by atoms with van der Waals surface area (Å²) >= 11 is 0. The van der Waals surface area contributed by atoms with Crippen LogP contribution in [0.2, 0.25) is 0 Å². The summed E-state index contributed by atoms with van der Waals surface area (Å²) in [5.41, 5.74) is 2.11. The van der Waals surface area contributed by atoms with Gasteiger partial charge < -0.3 is 14.3 Å². The number of aryl methyl sites for hydroxylation is 1. The molecule has 0 unspecified atom stereocenters. The van der Waals surface area contributed by atoms with E-state index in [1.807, 2.05) is 37.3 Å². The minimum atomic E-state index is 0.0572. The van der Waals surface area contributed by atoms with Crippen LogP contribution in [-0.4, -0.2) is 22.0 Å². The summed E-state index contributed by atoms with van der Waals surface area (Å²) in [6.07, 6.45) is 2.54. The second-order valence-electron chi connectivity index (χ2n) is 6.05. The van der Waals surface area contributed by atoms with Crippen molar-refractivity contribution in [2.75, 3.05) is 6.54 Å². The number of nitrogens with zero attached hydrogens (tertiary/aromatic N) is 2. The highest BCUT2D eigenvalue weighted by molar-refractivity contribution is 5.82. The number of amides is 1. The highest BCUT2D eigenvalue weighted by Crippen LogP contribution is 2.47. The first-order valence-corrected chi connectivity index (χ1v) is 7.97. The SMILES string of the molecule is Cc1nc2ccccc2n1CCNC(=O)[C@H]1C[C@@H]1c1ccco1. The number of fused-ring (bicyclic) bond motifs is 1. The number of carbonyl (C=O) groups is 1. The lowest BCUT2D eigenvalue weighted by atomic mass is 10.2. The molecule has 1 N–H and O–H groups in total. The topological polar surface area (TPSA) is 60.1 Å². The van der Waals surface area contributed by atoms with E-state index in [1.165, 1.54) is 0 Å². The Kier molecular flexibility index (Phi) is 3.41. The second-order valence-corrected chi connectivity index (χ2v) is 6.05. The molecule has 1 aliphatic carbocycles. The van der Waals surface area contributed by atoms with Gasteiger partial charge >= 0.3 is 0 Å². The smallest absolute Gasteiger partial charge is 0.223 e. The van der Waals surface area contributed by atoms with Crippen LogP contribution in [0.15, 0.2) is 47.1 Å². The average Bonchev–Trinajstić information content (AvgIpc) is 3.03. The zero-order chi connectivity index (χ0) is 15.8. The van der Waals surface area contributed by atoms with Gasteiger partial charge in [0.15, 0.2) is 0 Å². The molecule has 118 valence electrons. The molecule has 0 aliphatic heterocycles. The molecule has 1 amide bonds. The largest absolute Gasteiger partial charge is 0.469 e. The van der Waals surface area contributed by atoms with Crippen LogP contribution in [0.1, 0.15) is 23.9 Å². The first kappa shape index (κ1) is 14.1. The Hall–Kier alpha value is -2.56. The average molecular weight is 309 g/mol. The monoisotopic (exact) mass is 309 g/mol. The predicted octanol–water partition coefficient (Wildman–Crippen LogP) is 2.86. The second kappa shape index (κ2) is 5.57. The molecule has 0 bridgehead atoms. The first-order valence-electron chi connectivity index (χ1n) is 7.97.